The number of halogens is 9. The summed E-state index contributed by atoms with van der Waals surface area (Å²) in [6.07, 6.45) is 8.79. The third kappa shape index (κ3) is 20.0. The Balaban J connectivity index is 0.000000148. The number of methoxy groups -OCH3 is 1. The quantitative estimate of drug-likeness (QED) is 0.0362. The van der Waals surface area contributed by atoms with Gasteiger partial charge in [-0.25, -0.2) is 78.6 Å². The molecule has 4 fully saturated rings. The summed E-state index contributed by atoms with van der Waals surface area (Å²) in [6.45, 7) is 7.21. The Morgan fingerprint density at radius 1 is 0.500 bits per heavy atom. The number of aliphatic hydroxyl groups excluding tert-OH is 1. The topological polar surface area (TPSA) is 293 Å². The molecular weight excluding hydrogens is 1260 g/mol. The maximum atomic E-state index is 13.3. The molecule has 0 saturated heterocycles. The number of nitriles is 1. The summed E-state index contributed by atoms with van der Waals surface area (Å²) in [7, 11) is 1.26. The zero-order valence-corrected chi connectivity index (χ0v) is 53.0. The summed E-state index contributed by atoms with van der Waals surface area (Å²) in [4.78, 5) is 46.1. The minimum Gasteiger partial charge on any atom is -0.464 e. The summed E-state index contributed by atoms with van der Waals surface area (Å²) < 4.78 is 117. The van der Waals surface area contributed by atoms with E-state index in [0.29, 0.717) is 97.9 Å². The number of rotatable bonds is 15. The molecule has 4 aliphatic carbocycles. The van der Waals surface area contributed by atoms with E-state index in [9.17, 15) is 45.0 Å². The number of nitrogens with zero attached hydrogens (tertiary/aromatic N) is 17. The molecule has 0 bridgehead atoms. The van der Waals surface area contributed by atoms with Gasteiger partial charge in [0.1, 0.15) is 11.8 Å². The standard InChI is InChI=1S/C16H19F2N5O2.C15H18ClF2N5.C15H16F2N6.C15H19F2N5O/c1-10-5-8-23(22-10)13-9-12(14(24)25-2)20-15(21-13)19-11-3-6-16(17,18)7-4-11;1-10-4-7-23(22-10)13-8-12(9-16)20-14(21-13)19-11-2-5-15(17,18)6-3-11;1-10-4-7-23(22-10)13-8-12(9-18)20-14(21-13)19-11-2-5-15(16,17)6-3-11;1-10-4-7-22(21-10)13-8-12(9-23)19-14(20-13)18-11-2-5-15(16,17)6-3-11/h5,8-9,11H,3-4,6-7H2,1-2H3,(H,19,20,21);4,7-8,11H,2-3,5-6,9H2,1H3,(H,19,20,21);4,7-8,11H,2-3,5-6H2,1H3,(H,19,20,21);4,7-8,11,23H,2-3,5-6,9H2,1H3,(H,18,19,20). The number of aromatic nitrogens is 16. The summed E-state index contributed by atoms with van der Waals surface area (Å²) in [5.41, 5.74) is 4.72. The molecule has 33 heteroatoms. The summed E-state index contributed by atoms with van der Waals surface area (Å²) >= 11 is 5.90. The number of hydrogen-bond donors (Lipinski definition) is 5. The molecule has 4 saturated carbocycles. The van der Waals surface area contributed by atoms with Crippen LogP contribution in [-0.4, -0.2) is 145 Å². The molecule has 4 aliphatic rings. The zero-order valence-electron chi connectivity index (χ0n) is 52.2. The number of aliphatic hydroxyl groups is 1. The molecule has 12 rings (SSSR count). The first-order chi connectivity index (χ1) is 44.7. The smallest absolute Gasteiger partial charge is 0.356 e. The molecule has 94 heavy (non-hydrogen) atoms. The van der Waals surface area contributed by atoms with E-state index in [0.717, 1.165) is 22.8 Å². The first-order valence-electron chi connectivity index (χ1n) is 30.6. The Bertz CT molecular complexity index is 3740. The van der Waals surface area contributed by atoms with Crippen LogP contribution in [0.2, 0.25) is 0 Å². The van der Waals surface area contributed by atoms with Crippen LogP contribution in [0.4, 0.5) is 58.9 Å². The molecule has 24 nitrogen and oxygen atoms in total. The molecule has 0 unspecified atom stereocenters. The number of ether oxygens (including phenoxy) is 1. The van der Waals surface area contributed by atoms with Crippen molar-refractivity contribution in [3.05, 3.63) is 119 Å². The minimum absolute atomic E-state index is 0.0487. The van der Waals surface area contributed by atoms with Crippen molar-refractivity contribution < 1.29 is 49.8 Å². The van der Waals surface area contributed by atoms with E-state index in [1.807, 2.05) is 52.0 Å². The average molecular weight is 1330 g/mol. The van der Waals surface area contributed by atoms with Gasteiger partial charge in [-0.15, -0.1) is 11.6 Å². The van der Waals surface area contributed by atoms with Gasteiger partial charge in [-0.1, -0.05) is 0 Å². The lowest BCUT2D eigenvalue weighted by Crippen LogP contribution is -2.32. The van der Waals surface area contributed by atoms with E-state index >= 15 is 0 Å². The fourth-order valence-electron chi connectivity index (χ4n) is 10.6. The normalized spacial score (nSPS) is 17.8. The highest BCUT2D eigenvalue weighted by Gasteiger charge is 2.38. The van der Waals surface area contributed by atoms with Gasteiger partial charge in [-0.05, 0) is 103 Å². The first-order valence-corrected chi connectivity index (χ1v) is 31.1. The third-order valence-corrected chi connectivity index (χ3v) is 16.1. The van der Waals surface area contributed by atoms with E-state index in [1.54, 1.807) is 57.0 Å². The van der Waals surface area contributed by atoms with Crippen LogP contribution in [0, 0.1) is 39.0 Å². The Kier molecular flexibility index (Phi) is 22.4. The van der Waals surface area contributed by atoms with Crippen molar-refractivity contribution in [3.8, 4) is 29.3 Å². The number of carbonyl (C=O) groups excluding carboxylic acids is 1. The van der Waals surface area contributed by atoms with E-state index in [4.69, 9.17) is 21.6 Å². The predicted octanol–water partition coefficient (Wildman–Crippen LogP) is 11.7. The number of nitrogens with one attached hydrogen (secondary N) is 4. The van der Waals surface area contributed by atoms with Crippen molar-refractivity contribution in [3.63, 3.8) is 0 Å². The van der Waals surface area contributed by atoms with Gasteiger partial charge in [0, 0.05) is 125 Å². The highest BCUT2D eigenvalue weighted by molar-refractivity contribution is 6.16. The summed E-state index contributed by atoms with van der Waals surface area (Å²) in [5, 5.41) is 48.0. The monoisotopic (exact) mass is 1330 g/mol. The number of anilines is 4. The maximum Gasteiger partial charge on any atom is 0.356 e. The van der Waals surface area contributed by atoms with Crippen molar-refractivity contribution in [2.75, 3.05) is 28.4 Å². The van der Waals surface area contributed by atoms with Gasteiger partial charge < -0.3 is 31.1 Å². The number of aryl methyl sites for hydroxylation is 4. The number of hydrogen-bond acceptors (Lipinski definition) is 20. The second kappa shape index (κ2) is 30.4. The van der Waals surface area contributed by atoms with E-state index < -0.39 is 29.7 Å². The molecule has 0 spiro atoms. The average Bonchev–Trinajstić information content (AvgIpc) is 1.46. The SMILES string of the molecule is COC(=O)c1cc(-n2ccc(C)n2)nc(NC2CCC(F)(F)CC2)n1.Cc1ccn(-c2cc(C#N)nc(NC3CCC(F)(F)CC3)n2)n1.Cc1ccn(-c2cc(CCl)nc(NC3CCC(F)(F)CC3)n2)n1.Cc1ccn(-c2cc(CO)nc(NC3CCC(F)(F)CC3)n2)n1. The van der Waals surface area contributed by atoms with Crippen molar-refractivity contribution in [1.29, 1.82) is 5.26 Å². The second-order valence-corrected chi connectivity index (χ2v) is 23.8. The van der Waals surface area contributed by atoms with Crippen LogP contribution in [0.3, 0.4) is 0 Å². The fraction of sp³-hybridized carbons (Fsp3) is 0.508. The van der Waals surface area contributed by atoms with Crippen molar-refractivity contribution in [2.45, 2.75) is 191 Å². The summed E-state index contributed by atoms with van der Waals surface area (Å²) in [5.74, 6) is -7.47. The van der Waals surface area contributed by atoms with E-state index in [2.05, 4.69) is 81.5 Å². The molecule has 0 aliphatic heterocycles. The molecule has 0 radical (unpaired) electrons. The number of alkyl halides is 9. The van der Waals surface area contributed by atoms with Gasteiger partial charge in [-0.2, -0.15) is 45.6 Å². The Hall–Kier alpha value is -8.99. The molecule has 8 aromatic rings. The van der Waals surface area contributed by atoms with Gasteiger partial charge in [-0.3, -0.25) is 0 Å². The zero-order chi connectivity index (χ0) is 67.4. The first kappa shape index (κ1) is 69.4. The van der Waals surface area contributed by atoms with Crippen LogP contribution in [-0.2, 0) is 17.2 Å². The second-order valence-electron chi connectivity index (χ2n) is 23.6. The highest BCUT2D eigenvalue weighted by atomic mass is 35.5. The van der Waals surface area contributed by atoms with Crippen molar-refractivity contribution in [2.24, 2.45) is 0 Å². The largest absolute Gasteiger partial charge is 0.464 e. The molecular formula is C61H72ClF8N21O3. The van der Waals surface area contributed by atoms with Crippen LogP contribution in [0.1, 0.15) is 153 Å². The number of carbonyl (C=O) groups is 1. The Morgan fingerprint density at radius 3 is 1.10 bits per heavy atom. The van der Waals surface area contributed by atoms with Gasteiger partial charge in [0.05, 0.1) is 53.8 Å². The maximum absolute atomic E-state index is 13.3. The molecule has 0 amide bonds. The van der Waals surface area contributed by atoms with Gasteiger partial charge in [0.25, 0.3) is 0 Å². The van der Waals surface area contributed by atoms with Gasteiger partial charge in [0.15, 0.2) is 29.0 Å². The molecule has 8 heterocycles. The molecule has 0 atom stereocenters. The predicted molar refractivity (Wildman–Crippen MR) is 330 cm³/mol. The van der Waals surface area contributed by atoms with Crippen LogP contribution in [0.5, 0.6) is 0 Å². The van der Waals surface area contributed by atoms with Crippen LogP contribution >= 0.6 is 11.6 Å². The Morgan fingerprint density at radius 2 is 0.798 bits per heavy atom. The lowest BCUT2D eigenvalue weighted by Gasteiger charge is -2.28. The van der Waals surface area contributed by atoms with E-state index in [-0.39, 0.29) is 111 Å². The molecule has 8 aromatic heterocycles. The third-order valence-electron chi connectivity index (χ3n) is 15.8. The van der Waals surface area contributed by atoms with Gasteiger partial charge >= 0.3 is 5.97 Å². The Labute approximate surface area is 540 Å². The fourth-order valence-corrected chi connectivity index (χ4v) is 10.8. The minimum atomic E-state index is -2.61. The van der Waals surface area contributed by atoms with Crippen LogP contribution in [0.25, 0.3) is 23.3 Å². The lowest BCUT2D eigenvalue weighted by atomic mass is 9.92. The lowest BCUT2D eigenvalue weighted by molar-refractivity contribution is -0.0366. The molecule has 502 valence electrons. The number of esters is 1. The van der Waals surface area contributed by atoms with Crippen LogP contribution in [0.15, 0.2) is 73.3 Å². The molecule has 0 aromatic carbocycles. The van der Waals surface area contributed by atoms with Crippen molar-refractivity contribution in [1.82, 2.24) is 79.0 Å². The van der Waals surface area contributed by atoms with Crippen molar-refractivity contribution >= 4 is 41.4 Å². The van der Waals surface area contributed by atoms with Crippen LogP contribution < -0.4 is 21.3 Å². The summed E-state index contributed by atoms with van der Waals surface area (Å²) in [6, 6.07) is 15.3. The van der Waals surface area contributed by atoms with E-state index in [1.165, 1.54) is 23.9 Å². The molecule has 5 N–H and O–H groups in total. The van der Waals surface area contributed by atoms with Gasteiger partial charge in [0.2, 0.25) is 47.5 Å². The highest BCUT2D eigenvalue weighted by Crippen LogP contribution is 2.37.